The second kappa shape index (κ2) is 8.24. The van der Waals surface area contributed by atoms with Crippen molar-refractivity contribution in [2.75, 3.05) is 16.4 Å². The summed E-state index contributed by atoms with van der Waals surface area (Å²) in [5.74, 6) is -0.0595. The Morgan fingerprint density at radius 2 is 1.74 bits per heavy atom. The summed E-state index contributed by atoms with van der Waals surface area (Å²) in [7, 11) is 0. The van der Waals surface area contributed by atoms with E-state index in [9.17, 15) is 9.59 Å². The average molecular weight is 369 g/mol. The van der Waals surface area contributed by atoms with E-state index in [1.54, 1.807) is 30.3 Å². The molecule has 2 aromatic rings. The second-order valence-electron chi connectivity index (χ2n) is 4.64. The Bertz CT molecular complexity index is 721. The molecule has 2 rings (SSSR count). The molecule has 0 radical (unpaired) electrons. The molecule has 0 heterocycles. The van der Waals surface area contributed by atoms with Crippen LogP contribution in [0.15, 0.2) is 47.4 Å². The Hall–Kier alpha value is -1.69. The van der Waals surface area contributed by atoms with Crippen LogP contribution in [0.1, 0.15) is 6.92 Å². The van der Waals surface area contributed by atoms with E-state index in [1.165, 1.54) is 18.7 Å². The molecule has 0 spiro atoms. The molecule has 7 heteroatoms. The van der Waals surface area contributed by atoms with Gasteiger partial charge in [-0.2, -0.15) is 0 Å². The van der Waals surface area contributed by atoms with Gasteiger partial charge in [0.15, 0.2) is 0 Å². The van der Waals surface area contributed by atoms with E-state index in [2.05, 4.69) is 10.6 Å². The van der Waals surface area contributed by atoms with Gasteiger partial charge in [0.25, 0.3) is 0 Å². The molecule has 120 valence electrons. The van der Waals surface area contributed by atoms with Crippen molar-refractivity contribution < 1.29 is 9.59 Å². The highest BCUT2D eigenvalue weighted by Gasteiger charge is 2.09. The number of benzene rings is 2. The van der Waals surface area contributed by atoms with Crippen LogP contribution in [-0.4, -0.2) is 17.6 Å². The topological polar surface area (TPSA) is 58.2 Å². The number of rotatable bonds is 5. The van der Waals surface area contributed by atoms with E-state index >= 15 is 0 Å². The Kier molecular flexibility index (Phi) is 6.33. The summed E-state index contributed by atoms with van der Waals surface area (Å²) in [6, 6.07) is 12.3. The number of hydrogen-bond donors (Lipinski definition) is 2. The van der Waals surface area contributed by atoms with Gasteiger partial charge >= 0.3 is 0 Å². The number of anilines is 2. The molecule has 0 bridgehead atoms. The minimum Gasteiger partial charge on any atom is -0.326 e. The van der Waals surface area contributed by atoms with Gasteiger partial charge in [0.2, 0.25) is 11.8 Å². The molecular formula is C16H14Cl2N2O2S. The molecule has 0 saturated heterocycles. The van der Waals surface area contributed by atoms with Gasteiger partial charge in [-0.05, 0) is 36.4 Å². The summed E-state index contributed by atoms with van der Waals surface area (Å²) in [6.45, 7) is 1.45. The molecule has 0 aromatic heterocycles. The van der Waals surface area contributed by atoms with E-state index in [-0.39, 0.29) is 17.6 Å². The van der Waals surface area contributed by atoms with Crippen LogP contribution in [0.25, 0.3) is 0 Å². The van der Waals surface area contributed by atoms with Crippen molar-refractivity contribution in [1.82, 2.24) is 0 Å². The average Bonchev–Trinajstić information content (AvgIpc) is 2.51. The van der Waals surface area contributed by atoms with Crippen LogP contribution in [0.3, 0.4) is 0 Å². The van der Waals surface area contributed by atoms with Gasteiger partial charge in [-0.3, -0.25) is 9.59 Å². The minimum absolute atomic E-state index is 0.122. The van der Waals surface area contributed by atoms with Crippen LogP contribution in [0.5, 0.6) is 0 Å². The van der Waals surface area contributed by atoms with Crippen molar-refractivity contribution in [2.24, 2.45) is 0 Å². The molecule has 0 saturated carbocycles. The Labute approximate surface area is 148 Å². The first-order valence-corrected chi connectivity index (χ1v) is 8.44. The zero-order valence-electron chi connectivity index (χ0n) is 12.2. The predicted molar refractivity (Wildman–Crippen MR) is 96.6 cm³/mol. The number of nitrogens with one attached hydrogen (secondary N) is 2. The number of amides is 2. The zero-order chi connectivity index (χ0) is 16.8. The van der Waals surface area contributed by atoms with E-state index in [0.717, 1.165) is 10.6 Å². The Balaban J connectivity index is 1.89. The van der Waals surface area contributed by atoms with Crippen LogP contribution in [0, 0.1) is 0 Å². The maximum absolute atomic E-state index is 12.0. The van der Waals surface area contributed by atoms with Crippen LogP contribution in [-0.2, 0) is 9.59 Å². The quantitative estimate of drug-likeness (QED) is 0.753. The van der Waals surface area contributed by atoms with Crippen LogP contribution >= 0.6 is 35.0 Å². The smallest absolute Gasteiger partial charge is 0.234 e. The summed E-state index contributed by atoms with van der Waals surface area (Å²) in [5, 5.41) is 6.13. The van der Waals surface area contributed by atoms with Gasteiger partial charge in [-0.25, -0.2) is 0 Å². The van der Waals surface area contributed by atoms with Gasteiger partial charge in [0.1, 0.15) is 0 Å². The largest absolute Gasteiger partial charge is 0.326 e. The Morgan fingerprint density at radius 1 is 1.04 bits per heavy atom. The molecule has 2 amide bonds. The van der Waals surface area contributed by atoms with Crippen molar-refractivity contribution in [3.8, 4) is 0 Å². The lowest BCUT2D eigenvalue weighted by Gasteiger charge is -2.08. The molecule has 0 unspecified atom stereocenters. The summed E-state index contributed by atoms with van der Waals surface area (Å²) >= 11 is 13.3. The third-order valence-electron chi connectivity index (χ3n) is 2.77. The molecule has 0 aliphatic rings. The lowest BCUT2D eigenvalue weighted by atomic mass is 10.3. The molecule has 0 atom stereocenters. The van der Waals surface area contributed by atoms with Gasteiger partial charge < -0.3 is 10.6 Å². The molecular weight excluding hydrogens is 355 g/mol. The highest BCUT2D eigenvalue weighted by atomic mass is 35.5. The zero-order valence-corrected chi connectivity index (χ0v) is 14.6. The van der Waals surface area contributed by atoms with Crippen LogP contribution in [0.4, 0.5) is 11.4 Å². The number of carbonyl (C=O) groups excluding carboxylic acids is 2. The molecule has 2 aromatic carbocycles. The molecule has 2 N–H and O–H groups in total. The van der Waals surface area contributed by atoms with Gasteiger partial charge in [-0.15, -0.1) is 11.8 Å². The fraction of sp³-hybridized carbons (Fsp3) is 0.125. The highest BCUT2D eigenvalue weighted by Crippen LogP contribution is 2.29. The third kappa shape index (κ3) is 5.46. The van der Waals surface area contributed by atoms with Gasteiger partial charge in [-0.1, -0.05) is 29.3 Å². The first kappa shape index (κ1) is 17.7. The molecule has 0 fully saturated rings. The maximum atomic E-state index is 12.0. The first-order valence-electron chi connectivity index (χ1n) is 6.70. The highest BCUT2D eigenvalue weighted by molar-refractivity contribution is 8.00. The SMILES string of the molecule is CC(=O)Nc1ccc(SCC(=O)Nc2cccc(Cl)c2Cl)cc1. The van der Waals surface area contributed by atoms with Gasteiger partial charge in [0, 0.05) is 17.5 Å². The first-order chi connectivity index (χ1) is 11.0. The fourth-order valence-electron chi connectivity index (χ4n) is 1.77. The number of carbonyl (C=O) groups is 2. The van der Waals surface area contributed by atoms with Crippen LogP contribution < -0.4 is 10.6 Å². The molecule has 0 aliphatic carbocycles. The minimum atomic E-state index is -0.176. The molecule has 23 heavy (non-hydrogen) atoms. The summed E-state index contributed by atoms with van der Waals surface area (Å²) in [5.41, 5.74) is 1.21. The molecule has 0 aliphatic heterocycles. The van der Waals surface area contributed by atoms with Crippen molar-refractivity contribution in [3.05, 3.63) is 52.5 Å². The van der Waals surface area contributed by atoms with Crippen molar-refractivity contribution in [1.29, 1.82) is 0 Å². The maximum Gasteiger partial charge on any atom is 0.234 e. The summed E-state index contributed by atoms with van der Waals surface area (Å²) < 4.78 is 0. The number of halogens is 2. The van der Waals surface area contributed by atoms with E-state index in [4.69, 9.17) is 23.2 Å². The Morgan fingerprint density at radius 3 is 2.39 bits per heavy atom. The fourth-order valence-corrected chi connectivity index (χ4v) is 2.82. The van der Waals surface area contributed by atoms with E-state index in [0.29, 0.717) is 15.7 Å². The standard InChI is InChI=1S/C16H14Cl2N2O2S/c1-10(21)19-11-5-7-12(8-6-11)23-9-15(22)20-14-4-2-3-13(17)16(14)18/h2-8H,9H2,1H3,(H,19,21)(H,20,22). The lowest BCUT2D eigenvalue weighted by molar-refractivity contribution is -0.114. The van der Waals surface area contributed by atoms with Gasteiger partial charge in [0.05, 0.1) is 21.5 Å². The van der Waals surface area contributed by atoms with E-state index < -0.39 is 0 Å². The third-order valence-corrected chi connectivity index (χ3v) is 4.60. The summed E-state index contributed by atoms with van der Waals surface area (Å²) in [6.07, 6.45) is 0. The van der Waals surface area contributed by atoms with E-state index in [1.807, 2.05) is 12.1 Å². The van der Waals surface area contributed by atoms with Crippen LogP contribution in [0.2, 0.25) is 10.0 Å². The number of hydrogen-bond acceptors (Lipinski definition) is 3. The lowest BCUT2D eigenvalue weighted by Crippen LogP contribution is -2.14. The summed E-state index contributed by atoms with van der Waals surface area (Å²) in [4.78, 5) is 23.8. The van der Waals surface area contributed by atoms with Crippen molar-refractivity contribution >= 4 is 58.2 Å². The predicted octanol–water partition coefficient (Wildman–Crippen LogP) is 4.68. The molecule has 4 nitrogen and oxygen atoms in total. The van der Waals surface area contributed by atoms with Crippen molar-refractivity contribution in [3.63, 3.8) is 0 Å². The second-order valence-corrected chi connectivity index (χ2v) is 6.48. The number of thioether (sulfide) groups is 1. The van der Waals surface area contributed by atoms with Crippen molar-refractivity contribution in [2.45, 2.75) is 11.8 Å². The normalized spacial score (nSPS) is 10.2. The monoisotopic (exact) mass is 368 g/mol.